The van der Waals surface area contributed by atoms with Crippen LogP contribution in [0.4, 0.5) is 5.69 Å². The van der Waals surface area contributed by atoms with Crippen LogP contribution >= 0.6 is 0 Å². The van der Waals surface area contributed by atoms with E-state index in [2.05, 4.69) is 70.0 Å². The Bertz CT molecular complexity index is 715. The zero-order valence-electron chi connectivity index (χ0n) is 20.8. The highest BCUT2D eigenvalue weighted by molar-refractivity contribution is 5.46. The van der Waals surface area contributed by atoms with E-state index in [-0.39, 0.29) is 0 Å². The van der Waals surface area contributed by atoms with Gasteiger partial charge in [0.2, 0.25) is 0 Å². The maximum atomic E-state index is 10.8. The fourth-order valence-corrected chi connectivity index (χ4v) is 8.52. The van der Waals surface area contributed by atoms with Crippen LogP contribution in [0.5, 0.6) is 0 Å². The minimum atomic E-state index is -0.453. The Balaban J connectivity index is 1.42. The van der Waals surface area contributed by atoms with Crippen molar-refractivity contribution in [3.8, 4) is 0 Å². The average molecular weight is 426 g/mol. The molecule has 2 heteroatoms. The first-order valence-electron chi connectivity index (χ1n) is 13.3. The van der Waals surface area contributed by atoms with Crippen LogP contribution in [0.15, 0.2) is 30.3 Å². The molecule has 4 rings (SSSR count). The van der Waals surface area contributed by atoms with Gasteiger partial charge in [-0.15, -0.1) is 0 Å². The third kappa shape index (κ3) is 4.56. The molecule has 0 bridgehead atoms. The van der Waals surface area contributed by atoms with Crippen LogP contribution in [0.25, 0.3) is 0 Å². The lowest BCUT2D eigenvalue weighted by Gasteiger charge is -2.53. The molecule has 1 aromatic carbocycles. The molecule has 0 aliphatic heterocycles. The first-order chi connectivity index (χ1) is 14.7. The van der Waals surface area contributed by atoms with Crippen LogP contribution in [-0.4, -0.2) is 23.8 Å². The molecule has 3 saturated carbocycles. The summed E-state index contributed by atoms with van der Waals surface area (Å²) < 4.78 is 0. The predicted molar refractivity (Wildman–Crippen MR) is 132 cm³/mol. The molecule has 0 saturated heterocycles. The summed E-state index contributed by atoms with van der Waals surface area (Å²) >= 11 is 0. The molecule has 0 heterocycles. The fourth-order valence-electron chi connectivity index (χ4n) is 8.52. The summed E-state index contributed by atoms with van der Waals surface area (Å²) in [4.78, 5) is 2.54. The van der Waals surface area contributed by atoms with Crippen molar-refractivity contribution in [3.05, 3.63) is 30.3 Å². The van der Waals surface area contributed by atoms with E-state index in [1.165, 1.54) is 50.6 Å². The molecule has 8 atom stereocenters. The molecule has 31 heavy (non-hydrogen) atoms. The van der Waals surface area contributed by atoms with Crippen molar-refractivity contribution in [1.82, 2.24) is 0 Å². The van der Waals surface area contributed by atoms with Crippen molar-refractivity contribution in [2.75, 3.05) is 11.9 Å². The number of hydrogen-bond donors (Lipinski definition) is 1. The number of rotatable bonds is 7. The van der Waals surface area contributed by atoms with Crippen LogP contribution in [0.2, 0.25) is 0 Å². The first-order valence-corrected chi connectivity index (χ1v) is 13.3. The second kappa shape index (κ2) is 9.08. The van der Waals surface area contributed by atoms with Gasteiger partial charge in [-0.3, -0.25) is 0 Å². The van der Waals surface area contributed by atoms with Gasteiger partial charge in [0.1, 0.15) is 0 Å². The minimum Gasteiger partial charge on any atom is -0.390 e. The van der Waals surface area contributed by atoms with E-state index in [0.29, 0.717) is 11.5 Å². The van der Waals surface area contributed by atoms with E-state index < -0.39 is 5.60 Å². The molecule has 3 fully saturated rings. The maximum Gasteiger partial charge on any atom is 0.0622 e. The average Bonchev–Trinajstić information content (AvgIpc) is 3.10. The summed E-state index contributed by atoms with van der Waals surface area (Å²) in [7, 11) is 2.30. The smallest absolute Gasteiger partial charge is 0.0622 e. The SMILES string of the molecule is CCC[C@@](C)(O)C[C@H]1CC[C@@H]2[C@H](CC[C@]3(C)[C@@H]([C@@H](C)N(C)c4ccccc4)CC[C@@H]23)C1. The number of benzene rings is 1. The van der Waals surface area contributed by atoms with Gasteiger partial charge < -0.3 is 10.0 Å². The molecule has 0 amide bonds. The number of nitrogens with zero attached hydrogens (tertiary/aromatic N) is 1. The zero-order chi connectivity index (χ0) is 22.2. The fraction of sp³-hybridized carbons (Fsp3) is 0.793. The predicted octanol–water partition coefficient (Wildman–Crippen LogP) is 7.31. The molecule has 3 aliphatic carbocycles. The van der Waals surface area contributed by atoms with Gasteiger partial charge in [0.05, 0.1) is 5.60 Å². The van der Waals surface area contributed by atoms with Gasteiger partial charge >= 0.3 is 0 Å². The first kappa shape index (κ1) is 23.1. The molecule has 0 unspecified atom stereocenters. The van der Waals surface area contributed by atoms with Crippen molar-refractivity contribution < 1.29 is 5.11 Å². The summed E-state index contributed by atoms with van der Waals surface area (Å²) in [6.45, 7) is 9.40. The molecule has 174 valence electrons. The Morgan fingerprint density at radius 1 is 1.13 bits per heavy atom. The Hall–Kier alpha value is -1.02. The Labute approximate surface area is 191 Å². The van der Waals surface area contributed by atoms with Crippen LogP contribution in [-0.2, 0) is 0 Å². The Morgan fingerprint density at radius 3 is 2.58 bits per heavy atom. The lowest BCUT2D eigenvalue weighted by molar-refractivity contribution is -0.0410. The molecule has 0 radical (unpaired) electrons. The van der Waals surface area contributed by atoms with Gasteiger partial charge in [-0.05, 0) is 112 Å². The number of para-hydroxylation sites is 1. The summed E-state index contributed by atoms with van der Waals surface area (Å²) in [6.07, 6.45) is 12.9. The van der Waals surface area contributed by atoms with Crippen LogP contribution < -0.4 is 4.90 Å². The maximum absolute atomic E-state index is 10.8. The van der Waals surface area contributed by atoms with Crippen molar-refractivity contribution in [2.45, 2.75) is 104 Å². The topological polar surface area (TPSA) is 23.5 Å². The third-order valence-electron chi connectivity index (χ3n) is 10.1. The van der Waals surface area contributed by atoms with Gasteiger partial charge in [-0.2, -0.15) is 0 Å². The molecule has 0 aromatic heterocycles. The quantitative estimate of drug-likeness (QED) is 0.495. The van der Waals surface area contributed by atoms with Crippen LogP contribution in [0.1, 0.15) is 91.9 Å². The summed E-state index contributed by atoms with van der Waals surface area (Å²) in [5.74, 6) is 4.31. The Morgan fingerprint density at radius 2 is 1.87 bits per heavy atom. The normalized spacial score (nSPS) is 38.1. The Kier molecular flexibility index (Phi) is 6.78. The van der Waals surface area contributed by atoms with Crippen LogP contribution in [0.3, 0.4) is 0 Å². The summed E-state index contributed by atoms with van der Waals surface area (Å²) in [5, 5.41) is 10.8. The molecular weight excluding hydrogens is 378 g/mol. The van der Waals surface area contributed by atoms with Gasteiger partial charge in [0.25, 0.3) is 0 Å². The van der Waals surface area contributed by atoms with Crippen LogP contribution in [0, 0.1) is 35.0 Å². The number of anilines is 1. The largest absolute Gasteiger partial charge is 0.390 e. The molecule has 1 aromatic rings. The van der Waals surface area contributed by atoms with Gasteiger partial charge in [-0.1, -0.05) is 44.9 Å². The number of fused-ring (bicyclic) bond motifs is 3. The highest BCUT2D eigenvalue weighted by Crippen LogP contribution is 2.63. The molecule has 0 spiro atoms. The van der Waals surface area contributed by atoms with Gasteiger partial charge in [0, 0.05) is 18.8 Å². The number of hydrogen-bond acceptors (Lipinski definition) is 2. The van der Waals surface area contributed by atoms with E-state index in [4.69, 9.17) is 0 Å². The lowest BCUT2D eigenvalue weighted by Crippen LogP contribution is -2.48. The second-order valence-corrected chi connectivity index (χ2v) is 12.1. The van der Waals surface area contributed by atoms with Crippen molar-refractivity contribution in [3.63, 3.8) is 0 Å². The summed E-state index contributed by atoms with van der Waals surface area (Å²) in [6, 6.07) is 11.6. The molecule has 2 nitrogen and oxygen atoms in total. The van der Waals surface area contributed by atoms with Crippen molar-refractivity contribution in [1.29, 1.82) is 0 Å². The highest BCUT2D eigenvalue weighted by atomic mass is 16.3. The van der Waals surface area contributed by atoms with Gasteiger partial charge in [-0.25, -0.2) is 0 Å². The minimum absolute atomic E-state index is 0.453. The van der Waals surface area contributed by atoms with E-state index in [1.807, 2.05) is 0 Å². The van der Waals surface area contributed by atoms with Crippen molar-refractivity contribution >= 4 is 5.69 Å². The van der Waals surface area contributed by atoms with Gasteiger partial charge in [0.15, 0.2) is 0 Å². The number of aliphatic hydroxyl groups is 1. The standard InChI is InChI=1S/C29H47NO/c1-6-17-28(3,31)20-22-12-13-25-23(19-22)16-18-29(4)26(14-15-27(25)29)21(2)30(5)24-10-8-7-9-11-24/h7-11,21-23,25-27,31H,6,12-20H2,1-5H3/t21-,22+,23-,25-,26-,27+,28-,29-/m1/s1. The molecule has 1 N–H and O–H groups in total. The zero-order valence-corrected chi connectivity index (χ0v) is 20.8. The lowest BCUT2D eigenvalue weighted by atomic mass is 9.53. The second-order valence-electron chi connectivity index (χ2n) is 12.1. The molecular formula is C29H47NO. The van der Waals surface area contributed by atoms with Crippen molar-refractivity contribution in [2.24, 2.45) is 35.0 Å². The van der Waals surface area contributed by atoms with E-state index in [1.54, 1.807) is 0 Å². The monoisotopic (exact) mass is 425 g/mol. The van der Waals surface area contributed by atoms with E-state index >= 15 is 0 Å². The summed E-state index contributed by atoms with van der Waals surface area (Å²) in [5.41, 5.74) is 1.41. The van der Waals surface area contributed by atoms with E-state index in [0.717, 1.165) is 48.9 Å². The highest BCUT2D eigenvalue weighted by Gasteiger charge is 2.56. The third-order valence-corrected chi connectivity index (χ3v) is 10.1. The van der Waals surface area contributed by atoms with E-state index in [9.17, 15) is 5.11 Å². The molecule has 3 aliphatic rings.